The zero-order chi connectivity index (χ0) is 15.4. The Bertz CT molecular complexity index is 503. The summed E-state index contributed by atoms with van der Waals surface area (Å²) in [5.41, 5.74) is 3.29. The van der Waals surface area contributed by atoms with Gasteiger partial charge < -0.3 is 4.74 Å². The molecule has 20 heavy (non-hydrogen) atoms. The van der Waals surface area contributed by atoms with Crippen LogP contribution in [0.5, 0.6) is 0 Å². The van der Waals surface area contributed by atoms with Crippen LogP contribution >= 0.6 is 0 Å². The Hall–Kier alpha value is -1.64. The van der Waals surface area contributed by atoms with E-state index in [9.17, 15) is 9.59 Å². The molecule has 0 aliphatic rings. The Kier molecular flexibility index (Phi) is 5.49. The molecule has 2 unspecified atom stereocenters. The molecule has 0 saturated carbocycles. The lowest BCUT2D eigenvalue weighted by Crippen LogP contribution is -2.31. The molecule has 110 valence electrons. The van der Waals surface area contributed by atoms with Gasteiger partial charge in [-0.1, -0.05) is 30.7 Å². The standard InChI is InChI=1S/C17H24O3/c1-10(2)20-17(19)16(14(6)18)13(5)15-8-7-11(3)9-12(15)4/h7-10,13,16H,1-6H3. The van der Waals surface area contributed by atoms with Crippen LogP contribution in [-0.4, -0.2) is 17.9 Å². The monoisotopic (exact) mass is 276 g/mol. The molecule has 3 nitrogen and oxygen atoms in total. The number of ether oxygens (including phenoxy) is 1. The second kappa shape index (κ2) is 6.69. The maximum atomic E-state index is 12.1. The Morgan fingerprint density at radius 1 is 1.10 bits per heavy atom. The van der Waals surface area contributed by atoms with Gasteiger partial charge in [0.2, 0.25) is 0 Å². The second-order valence-electron chi connectivity index (χ2n) is 5.72. The van der Waals surface area contributed by atoms with Crippen LogP contribution in [-0.2, 0) is 14.3 Å². The number of hydrogen-bond donors (Lipinski definition) is 0. The molecule has 0 N–H and O–H groups in total. The van der Waals surface area contributed by atoms with Crippen molar-refractivity contribution >= 4 is 11.8 Å². The van der Waals surface area contributed by atoms with E-state index in [1.807, 2.05) is 32.9 Å². The summed E-state index contributed by atoms with van der Waals surface area (Å²) in [6.45, 7) is 11.0. The van der Waals surface area contributed by atoms with Crippen molar-refractivity contribution in [2.45, 2.75) is 53.6 Å². The lowest BCUT2D eigenvalue weighted by Gasteiger charge is -2.23. The van der Waals surface area contributed by atoms with Crippen molar-refractivity contribution in [3.05, 3.63) is 34.9 Å². The molecule has 1 aromatic carbocycles. The van der Waals surface area contributed by atoms with E-state index in [-0.39, 0.29) is 17.8 Å². The zero-order valence-electron chi connectivity index (χ0n) is 13.2. The predicted octanol–water partition coefficient (Wildman–Crippen LogP) is 3.56. The van der Waals surface area contributed by atoms with Gasteiger partial charge in [-0.15, -0.1) is 0 Å². The molecule has 0 heterocycles. The molecule has 0 fully saturated rings. The zero-order valence-corrected chi connectivity index (χ0v) is 13.2. The third kappa shape index (κ3) is 3.92. The van der Waals surface area contributed by atoms with Crippen molar-refractivity contribution in [2.24, 2.45) is 5.92 Å². The lowest BCUT2D eigenvalue weighted by atomic mass is 9.83. The molecule has 1 rings (SSSR count). The molecule has 3 heteroatoms. The molecular formula is C17H24O3. The van der Waals surface area contributed by atoms with E-state index < -0.39 is 11.9 Å². The summed E-state index contributed by atoms with van der Waals surface area (Å²) in [6.07, 6.45) is -0.212. The van der Waals surface area contributed by atoms with Gasteiger partial charge in [0.15, 0.2) is 0 Å². The highest BCUT2D eigenvalue weighted by atomic mass is 16.5. The second-order valence-corrected chi connectivity index (χ2v) is 5.72. The normalized spacial score (nSPS) is 13.9. The number of Topliss-reactive ketones (excluding diaryl/α,β-unsaturated/α-hetero) is 1. The van der Waals surface area contributed by atoms with E-state index in [4.69, 9.17) is 4.74 Å². The number of hydrogen-bond acceptors (Lipinski definition) is 3. The first-order chi connectivity index (χ1) is 9.23. The largest absolute Gasteiger partial charge is 0.462 e. The van der Waals surface area contributed by atoms with Gasteiger partial charge >= 0.3 is 5.97 Å². The maximum Gasteiger partial charge on any atom is 0.317 e. The van der Waals surface area contributed by atoms with Crippen LogP contribution in [0.4, 0.5) is 0 Å². The van der Waals surface area contributed by atoms with Crippen LogP contribution in [0.25, 0.3) is 0 Å². The van der Waals surface area contributed by atoms with Crippen LogP contribution in [0.3, 0.4) is 0 Å². The summed E-state index contributed by atoms with van der Waals surface area (Å²) in [4.78, 5) is 24.0. The Labute approximate surface area is 121 Å². The smallest absolute Gasteiger partial charge is 0.317 e. The van der Waals surface area contributed by atoms with Crippen LogP contribution in [0, 0.1) is 19.8 Å². The van der Waals surface area contributed by atoms with E-state index in [1.54, 1.807) is 13.8 Å². The van der Waals surface area contributed by atoms with Crippen molar-refractivity contribution in [3.8, 4) is 0 Å². The van der Waals surface area contributed by atoms with Crippen molar-refractivity contribution in [2.75, 3.05) is 0 Å². The summed E-state index contributed by atoms with van der Waals surface area (Å²) >= 11 is 0. The molecule has 0 saturated heterocycles. The van der Waals surface area contributed by atoms with Gasteiger partial charge in [-0.3, -0.25) is 9.59 Å². The third-order valence-corrected chi connectivity index (χ3v) is 3.46. The molecule has 0 bridgehead atoms. The third-order valence-electron chi connectivity index (χ3n) is 3.46. The highest BCUT2D eigenvalue weighted by Gasteiger charge is 2.33. The molecule has 0 aliphatic carbocycles. The SMILES string of the molecule is CC(=O)C(C(=O)OC(C)C)C(C)c1ccc(C)cc1C. The number of rotatable bonds is 5. The topological polar surface area (TPSA) is 43.4 Å². The summed E-state index contributed by atoms with van der Waals surface area (Å²) < 4.78 is 5.22. The minimum atomic E-state index is -0.737. The average molecular weight is 276 g/mol. The minimum absolute atomic E-state index is 0.150. The van der Waals surface area contributed by atoms with Crippen LogP contribution < -0.4 is 0 Å². The molecule has 0 radical (unpaired) electrons. The number of aryl methyl sites for hydroxylation is 2. The van der Waals surface area contributed by atoms with Gasteiger partial charge in [0.05, 0.1) is 6.10 Å². The number of carbonyl (C=O) groups is 2. The first-order valence-corrected chi connectivity index (χ1v) is 7.02. The van der Waals surface area contributed by atoms with Crippen LogP contribution in [0.1, 0.15) is 50.3 Å². The van der Waals surface area contributed by atoms with Crippen molar-refractivity contribution in [1.82, 2.24) is 0 Å². The molecule has 2 atom stereocenters. The van der Waals surface area contributed by atoms with Gasteiger partial charge in [-0.05, 0) is 45.7 Å². The molecule has 0 aromatic heterocycles. The summed E-state index contributed by atoms with van der Waals surface area (Å²) in [5, 5.41) is 0. The highest BCUT2D eigenvalue weighted by molar-refractivity contribution is 5.98. The Morgan fingerprint density at radius 3 is 2.15 bits per heavy atom. The molecule has 1 aromatic rings. The van der Waals surface area contributed by atoms with Crippen molar-refractivity contribution in [1.29, 1.82) is 0 Å². The Balaban J connectivity index is 3.08. The molecule has 0 spiro atoms. The minimum Gasteiger partial charge on any atom is -0.462 e. The van der Waals surface area contributed by atoms with Gasteiger partial charge in [-0.25, -0.2) is 0 Å². The van der Waals surface area contributed by atoms with E-state index in [1.165, 1.54) is 12.5 Å². The van der Waals surface area contributed by atoms with Gasteiger partial charge in [0.1, 0.15) is 11.7 Å². The molecule has 0 amide bonds. The lowest BCUT2D eigenvalue weighted by molar-refractivity contribution is -0.155. The maximum absolute atomic E-state index is 12.1. The van der Waals surface area contributed by atoms with Gasteiger partial charge in [-0.2, -0.15) is 0 Å². The molecule has 0 aliphatic heterocycles. The fourth-order valence-electron chi connectivity index (χ4n) is 2.54. The number of esters is 1. The number of ketones is 1. The average Bonchev–Trinajstić information content (AvgIpc) is 2.26. The fourth-order valence-corrected chi connectivity index (χ4v) is 2.54. The number of carbonyl (C=O) groups excluding carboxylic acids is 2. The predicted molar refractivity (Wildman–Crippen MR) is 79.7 cm³/mol. The van der Waals surface area contributed by atoms with Crippen LogP contribution in [0.15, 0.2) is 18.2 Å². The number of benzene rings is 1. The van der Waals surface area contributed by atoms with E-state index >= 15 is 0 Å². The van der Waals surface area contributed by atoms with E-state index in [0.717, 1.165) is 11.1 Å². The first-order valence-electron chi connectivity index (χ1n) is 7.02. The summed E-state index contributed by atoms with van der Waals surface area (Å²) in [5.74, 6) is -1.50. The highest BCUT2D eigenvalue weighted by Crippen LogP contribution is 2.29. The summed E-state index contributed by atoms with van der Waals surface area (Å²) in [6, 6.07) is 6.06. The van der Waals surface area contributed by atoms with E-state index in [0.29, 0.717) is 0 Å². The quantitative estimate of drug-likeness (QED) is 0.610. The fraction of sp³-hybridized carbons (Fsp3) is 0.529. The Morgan fingerprint density at radius 2 is 1.70 bits per heavy atom. The molecular weight excluding hydrogens is 252 g/mol. The van der Waals surface area contributed by atoms with Crippen molar-refractivity contribution in [3.63, 3.8) is 0 Å². The van der Waals surface area contributed by atoms with E-state index in [2.05, 4.69) is 6.07 Å². The van der Waals surface area contributed by atoms with Crippen molar-refractivity contribution < 1.29 is 14.3 Å². The van der Waals surface area contributed by atoms with Gasteiger partial charge in [0, 0.05) is 5.92 Å². The summed E-state index contributed by atoms with van der Waals surface area (Å²) in [7, 11) is 0. The van der Waals surface area contributed by atoms with Gasteiger partial charge in [0.25, 0.3) is 0 Å². The first kappa shape index (κ1) is 16.4. The van der Waals surface area contributed by atoms with Crippen LogP contribution in [0.2, 0.25) is 0 Å².